The van der Waals surface area contributed by atoms with Crippen molar-refractivity contribution in [3.05, 3.63) is 78.0 Å². The molecule has 6 heteroatoms. The fraction of sp³-hybridized carbons (Fsp3) is 0.208. The molecule has 0 atom stereocenters. The number of rotatable bonds is 4. The number of methoxy groups -OCH3 is 1. The number of nitrogens with one attached hydrogen (secondary N) is 1. The van der Waals surface area contributed by atoms with Crippen LogP contribution in [0.5, 0.6) is 5.75 Å². The molecule has 1 amide bonds. The van der Waals surface area contributed by atoms with Gasteiger partial charge in [0, 0.05) is 23.3 Å². The highest BCUT2D eigenvalue weighted by Crippen LogP contribution is 2.27. The number of aromatic nitrogens is 3. The fourth-order valence-electron chi connectivity index (χ4n) is 3.28. The normalized spacial score (nSPS) is 11.5. The van der Waals surface area contributed by atoms with Gasteiger partial charge in [0.05, 0.1) is 19.0 Å². The van der Waals surface area contributed by atoms with Crippen molar-refractivity contribution in [1.82, 2.24) is 14.6 Å². The second kappa shape index (κ2) is 7.63. The van der Waals surface area contributed by atoms with Gasteiger partial charge in [0.2, 0.25) is 0 Å². The molecule has 2 aromatic carbocycles. The zero-order chi connectivity index (χ0) is 21.3. The first kappa shape index (κ1) is 19.6. The zero-order valence-electron chi connectivity index (χ0n) is 17.5. The molecule has 4 aromatic rings. The Morgan fingerprint density at radius 2 is 1.80 bits per heavy atom. The molecule has 1 N–H and O–H groups in total. The monoisotopic (exact) mass is 400 g/mol. The maximum atomic E-state index is 12.8. The molecule has 6 nitrogen and oxygen atoms in total. The van der Waals surface area contributed by atoms with Crippen molar-refractivity contribution in [2.45, 2.75) is 26.2 Å². The molecule has 0 spiro atoms. The summed E-state index contributed by atoms with van der Waals surface area (Å²) in [5, 5.41) is 7.28. The third-order valence-corrected chi connectivity index (χ3v) is 4.98. The quantitative estimate of drug-likeness (QED) is 0.526. The second-order valence-corrected chi connectivity index (χ2v) is 8.14. The summed E-state index contributed by atoms with van der Waals surface area (Å²) in [6.45, 7) is 6.44. The van der Waals surface area contributed by atoms with Crippen LogP contribution in [0.2, 0.25) is 0 Å². The van der Waals surface area contributed by atoms with E-state index in [1.165, 1.54) is 5.56 Å². The van der Waals surface area contributed by atoms with Crippen LogP contribution in [0.25, 0.3) is 16.9 Å². The first-order valence-corrected chi connectivity index (χ1v) is 9.76. The molecule has 152 valence electrons. The summed E-state index contributed by atoms with van der Waals surface area (Å²) >= 11 is 0. The van der Waals surface area contributed by atoms with Gasteiger partial charge in [-0.05, 0) is 35.2 Å². The summed E-state index contributed by atoms with van der Waals surface area (Å²) in [6.07, 6.45) is 1.68. The van der Waals surface area contributed by atoms with Crippen LogP contribution in [0.3, 0.4) is 0 Å². The van der Waals surface area contributed by atoms with Crippen LogP contribution >= 0.6 is 0 Å². The lowest BCUT2D eigenvalue weighted by Gasteiger charge is -2.19. The molecule has 0 unspecified atom stereocenters. The molecule has 0 fully saturated rings. The standard InChI is InChI=1S/C24H24N4O2/c1-24(2,3)18-10-8-16(9-11-18)23(29)27-21-15-20(28-22(26-21)12-13-25-28)17-6-5-7-19(14-17)30-4/h5-15H,1-4H3,(H,26,27,29). The molecule has 0 saturated carbocycles. The van der Waals surface area contributed by atoms with Gasteiger partial charge in [-0.25, -0.2) is 9.50 Å². The predicted octanol–water partition coefficient (Wildman–Crippen LogP) is 4.95. The molecule has 0 aliphatic rings. The third kappa shape index (κ3) is 3.89. The molecular weight excluding hydrogens is 376 g/mol. The van der Waals surface area contributed by atoms with Crippen LogP contribution in [0, 0.1) is 0 Å². The second-order valence-electron chi connectivity index (χ2n) is 8.14. The Kier molecular flexibility index (Phi) is 4.99. The lowest BCUT2D eigenvalue weighted by atomic mass is 9.87. The Morgan fingerprint density at radius 1 is 1.03 bits per heavy atom. The summed E-state index contributed by atoms with van der Waals surface area (Å²) in [5.41, 5.74) is 4.17. The summed E-state index contributed by atoms with van der Waals surface area (Å²) in [6, 6.07) is 19.0. The Hall–Kier alpha value is -3.67. The number of hydrogen-bond acceptors (Lipinski definition) is 4. The highest BCUT2D eigenvalue weighted by atomic mass is 16.5. The Labute approximate surface area is 175 Å². The van der Waals surface area contributed by atoms with E-state index in [4.69, 9.17) is 4.74 Å². The van der Waals surface area contributed by atoms with Gasteiger partial charge >= 0.3 is 0 Å². The number of fused-ring (bicyclic) bond motifs is 1. The van der Waals surface area contributed by atoms with Crippen molar-refractivity contribution in [1.29, 1.82) is 0 Å². The van der Waals surface area contributed by atoms with E-state index < -0.39 is 0 Å². The minimum Gasteiger partial charge on any atom is -0.497 e. The predicted molar refractivity (Wildman–Crippen MR) is 118 cm³/mol. The van der Waals surface area contributed by atoms with Crippen LogP contribution in [0.15, 0.2) is 66.9 Å². The van der Waals surface area contributed by atoms with E-state index in [1.54, 1.807) is 23.9 Å². The van der Waals surface area contributed by atoms with Crippen molar-refractivity contribution in [2.75, 3.05) is 12.4 Å². The molecule has 0 aliphatic carbocycles. The smallest absolute Gasteiger partial charge is 0.256 e. The first-order chi connectivity index (χ1) is 14.3. The molecule has 4 rings (SSSR count). The van der Waals surface area contributed by atoms with E-state index in [0.29, 0.717) is 17.0 Å². The zero-order valence-corrected chi connectivity index (χ0v) is 17.5. The van der Waals surface area contributed by atoms with Gasteiger partial charge in [-0.2, -0.15) is 5.10 Å². The van der Waals surface area contributed by atoms with E-state index in [9.17, 15) is 4.79 Å². The number of carbonyl (C=O) groups excluding carboxylic acids is 1. The molecular formula is C24H24N4O2. The summed E-state index contributed by atoms with van der Waals surface area (Å²) < 4.78 is 7.08. The van der Waals surface area contributed by atoms with Gasteiger partial charge in [0.1, 0.15) is 11.6 Å². The van der Waals surface area contributed by atoms with Crippen LogP contribution in [-0.4, -0.2) is 27.6 Å². The number of benzene rings is 2. The maximum Gasteiger partial charge on any atom is 0.256 e. The lowest BCUT2D eigenvalue weighted by molar-refractivity contribution is 0.102. The van der Waals surface area contributed by atoms with Crippen molar-refractivity contribution < 1.29 is 9.53 Å². The first-order valence-electron chi connectivity index (χ1n) is 9.76. The maximum absolute atomic E-state index is 12.8. The minimum atomic E-state index is -0.205. The molecule has 0 radical (unpaired) electrons. The molecule has 0 saturated heterocycles. The van der Waals surface area contributed by atoms with Gasteiger partial charge in [-0.3, -0.25) is 4.79 Å². The molecule has 2 heterocycles. The topological polar surface area (TPSA) is 68.5 Å². The number of ether oxygens (including phenoxy) is 1. The Balaban J connectivity index is 1.67. The average molecular weight is 400 g/mol. The number of amides is 1. The van der Waals surface area contributed by atoms with E-state index in [0.717, 1.165) is 17.0 Å². The highest BCUT2D eigenvalue weighted by molar-refractivity contribution is 6.04. The van der Waals surface area contributed by atoms with Crippen molar-refractivity contribution in [2.24, 2.45) is 0 Å². The van der Waals surface area contributed by atoms with Crippen LogP contribution in [0.4, 0.5) is 5.82 Å². The van der Waals surface area contributed by atoms with E-state index in [-0.39, 0.29) is 11.3 Å². The summed E-state index contributed by atoms with van der Waals surface area (Å²) in [5.74, 6) is 1.00. The fourth-order valence-corrected chi connectivity index (χ4v) is 3.28. The third-order valence-electron chi connectivity index (χ3n) is 4.98. The number of hydrogen-bond donors (Lipinski definition) is 1. The van der Waals surface area contributed by atoms with E-state index in [2.05, 4.69) is 36.2 Å². The Bertz CT molecular complexity index is 1200. The minimum absolute atomic E-state index is 0.0370. The van der Waals surface area contributed by atoms with Crippen LogP contribution < -0.4 is 10.1 Å². The molecule has 30 heavy (non-hydrogen) atoms. The van der Waals surface area contributed by atoms with Crippen LogP contribution in [0.1, 0.15) is 36.7 Å². The number of carbonyl (C=O) groups is 1. The van der Waals surface area contributed by atoms with Crippen molar-refractivity contribution in [3.8, 4) is 17.0 Å². The van der Waals surface area contributed by atoms with Crippen LogP contribution in [-0.2, 0) is 5.41 Å². The van der Waals surface area contributed by atoms with E-state index >= 15 is 0 Å². The highest BCUT2D eigenvalue weighted by Gasteiger charge is 2.16. The van der Waals surface area contributed by atoms with Gasteiger partial charge in [-0.15, -0.1) is 0 Å². The van der Waals surface area contributed by atoms with Crippen molar-refractivity contribution in [3.63, 3.8) is 0 Å². The van der Waals surface area contributed by atoms with Gasteiger partial charge in [0.25, 0.3) is 5.91 Å². The average Bonchev–Trinajstić information content (AvgIpc) is 3.21. The van der Waals surface area contributed by atoms with Crippen molar-refractivity contribution >= 4 is 17.4 Å². The summed E-state index contributed by atoms with van der Waals surface area (Å²) in [4.78, 5) is 17.3. The van der Waals surface area contributed by atoms with Gasteiger partial charge < -0.3 is 10.1 Å². The number of anilines is 1. The Morgan fingerprint density at radius 3 is 2.50 bits per heavy atom. The summed E-state index contributed by atoms with van der Waals surface area (Å²) in [7, 11) is 1.63. The number of nitrogens with zero attached hydrogens (tertiary/aromatic N) is 3. The van der Waals surface area contributed by atoms with Gasteiger partial charge in [0.15, 0.2) is 5.65 Å². The molecule has 0 aliphatic heterocycles. The molecule has 2 aromatic heterocycles. The van der Waals surface area contributed by atoms with Gasteiger partial charge in [-0.1, -0.05) is 45.0 Å². The lowest BCUT2D eigenvalue weighted by Crippen LogP contribution is -2.15. The van der Waals surface area contributed by atoms with E-state index in [1.807, 2.05) is 54.6 Å². The SMILES string of the molecule is COc1cccc(-c2cc(NC(=O)c3ccc(C(C)(C)C)cc3)nc3ccnn23)c1. The molecule has 0 bridgehead atoms. The largest absolute Gasteiger partial charge is 0.497 e.